The number of rotatable bonds is 3. The fourth-order valence-electron chi connectivity index (χ4n) is 1.80. The van der Waals surface area contributed by atoms with Crippen LogP contribution in [-0.2, 0) is 14.8 Å². The Morgan fingerprint density at radius 2 is 2.00 bits per heavy atom. The molecule has 0 radical (unpaired) electrons. The maximum absolute atomic E-state index is 12.2. The summed E-state index contributed by atoms with van der Waals surface area (Å²) in [6, 6.07) is 7.85. The maximum atomic E-state index is 12.2. The predicted molar refractivity (Wildman–Crippen MR) is 63.1 cm³/mol. The number of carbonyl (C=O) groups excluding carboxylic acids is 1. The Kier molecular flexibility index (Phi) is 3.56. The number of hydrogen-bond donors (Lipinski definition) is 1. The zero-order valence-corrected chi connectivity index (χ0v) is 10.1. The van der Waals surface area contributed by atoms with Crippen molar-refractivity contribution in [2.24, 2.45) is 0 Å². The van der Waals surface area contributed by atoms with Crippen molar-refractivity contribution < 1.29 is 13.2 Å². The minimum absolute atomic E-state index is 0.195. The van der Waals surface area contributed by atoms with Crippen LogP contribution in [-0.4, -0.2) is 44.7 Å². The standard InChI is InChI=1S/C11H14N2O3S/c14-9-10-8-13(7-6-12-10)17(15,16)11-4-2-1-3-5-11/h1-5,9-10,12H,6-8H2. The summed E-state index contributed by atoms with van der Waals surface area (Å²) in [4.78, 5) is 11.0. The van der Waals surface area contributed by atoms with Crippen LogP contribution < -0.4 is 5.32 Å². The number of carbonyl (C=O) groups is 1. The molecule has 0 spiro atoms. The van der Waals surface area contributed by atoms with Crippen LogP contribution in [0.5, 0.6) is 0 Å². The summed E-state index contributed by atoms with van der Waals surface area (Å²) in [5, 5.41) is 2.95. The van der Waals surface area contributed by atoms with E-state index < -0.39 is 16.1 Å². The molecule has 1 aromatic rings. The average Bonchev–Trinajstić information content (AvgIpc) is 2.40. The van der Waals surface area contributed by atoms with E-state index in [4.69, 9.17) is 0 Å². The molecular formula is C11H14N2O3S. The minimum Gasteiger partial charge on any atom is -0.305 e. The van der Waals surface area contributed by atoms with Gasteiger partial charge in [0.15, 0.2) is 0 Å². The average molecular weight is 254 g/mol. The molecule has 5 nitrogen and oxygen atoms in total. The van der Waals surface area contributed by atoms with Crippen LogP contribution in [0.4, 0.5) is 0 Å². The van der Waals surface area contributed by atoms with Gasteiger partial charge in [-0.15, -0.1) is 0 Å². The summed E-state index contributed by atoms with van der Waals surface area (Å²) in [7, 11) is -3.47. The van der Waals surface area contributed by atoms with Crippen LogP contribution in [0.15, 0.2) is 35.2 Å². The molecular weight excluding hydrogens is 240 g/mol. The van der Waals surface area contributed by atoms with Crippen molar-refractivity contribution in [1.82, 2.24) is 9.62 Å². The molecule has 1 saturated heterocycles. The van der Waals surface area contributed by atoms with Gasteiger partial charge in [0.25, 0.3) is 0 Å². The Morgan fingerprint density at radius 1 is 1.29 bits per heavy atom. The van der Waals surface area contributed by atoms with E-state index >= 15 is 0 Å². The topological polar surface area (TPSA) is 66.5 Å². The van der Waals surface area contributed by atoms with Crippen LogP contribution in [0.2, 0.25) is 0 Å². The lowest BCUT2D eigenvalue weighted by atomic mass is 10.3. The molecule has 1 N–H and O–H groups in total. The van der Waals surface area contributed by atoms with Crippen molar-refractivity contribution in [3.8, 4) is 0 Å². The Hall–Kier alpha value is -1.24. The quantitative estimate of drug-likeness (QED) is 0.762. The van der Waals surface area contributed by atoms with Crippen molar-refractivity contribution in [3.05, 3.63) is 30.3 Å². The van der Waals surface area contributed by atoms with Gasteiger partial charge in [-0.3, -0.25) is 0 Å². The Balaban J connectivity index is 2.24. The summed E-state index contributed by atoms with van der Waals surface area (Å²) in [6.07, 6.45) is 0.743. The third-order valence-corrected chi connectivity index (χ3v) is 4.59. The summed E-state index contributed by atoms with van der Waals surface area (Å²) in [5.41, 5.74) is 0. The molecule has 6 heteroatoms. The van der Waals surface area contributed by atoms with E-state index in [9.17, 15) is 13.2 Å². The third kappa shape index (κ3) is 2.54. The normalized spacial score (nSPS) is 22.2. The molecule has 0 aromatic heterocycles. The first kappa shape index (κ1) is 12.2. The van der Waals surface area contributed by atoms with Crippen molar-refractivity contribution in [2.45, 2.75) is 10.9 Å². The van der Waals surface area contributed by atoms with E-state index in [0.29, 0.717) is 13.1 Å². The lowest BCUT2D eigenvalue weighted by Gasteiger charge is -2.30. The highest BCUT2D eigenvalue weighted by molar-refractivity contribution is 7.89. The zero-order valence-electron chi connectivity index (χ0n) is 9.24. The van der Waals surface area contributed by atoms with Gasteiger partial charge in [0.1, 0.15) is 6.29 Å². The van der Waals surface area contributed by atoms with Gasteiger partial charge < -0.3 is 10.1 Å². The van der Waals surface area contributed by atoms with Crippen LogP contribution in [0.25, 0.3) is 0 Å². The molecule has 1 aliphatic heterocycles. The predicted octanol–water partition coefficient (Wildman–Crippen LogP) is -0.152. The molecule has 1 aliphatic rings. The Labute approximate surface area is 100 Å². The third-order valence-electron chi connectivity index (χ3n) is 2.71. The van der Waals surface area contributed by atoms with Gasteiger partial charge in [-0.05, 0) is 12.1 Å². The van der Waals surface area contributed by atoms with E-state index in [2.05, 4.69) is 5.32 Å². The van der Waals surface area contributed by atoms with Gasteiger partial charge in [0.2, 0.25) is 10.0 Å². The number of benzene rings is 1. The monoisotopic (exact) mass is 254 g/mol. The van der Waals surface area contributed by atoms with E-state index in [-0.39, 0.29) is 11.4 Å². The van der Waals surface area contributed by atoms with Crippen LogP contribution in [0.1, 0.15) is 0 Å². The number of nitrogens with one attached hydrogen (secondary N) is 1. The smallest absolute Gasteiger partial charge is 0.243 e. The van der Waals surface area contributed by atoms with Gasteiger partial charge in [-0.25, -0.2) is 8.42 Å². The molecule has 92 valence electrons. The number of sulfonamides is 1. The second kappa shape index (κ2) is 4.95. The first-order valence-electron chi connectivity index (χ1n) is 5.38. The van der Waals surface area contributed by atoms with E-state index in [1.165, 1.54) is 4.31 Å². The molecule has 2 rings (SSSR count). The molecule has 1 fully saturated rings. The molecule has 0 bridgehead atoms. The van der Waals surface area contributed by atoms with Crippen molar-refractivity contribution in [3.63, 3.8) is 0 Å². The molecule has 0 amide bonds. The van der Waals surface area contributed by atoms with Gasteiger partial charge in [-0.2, -0.15) is 4.31 Å². The maximum Gasteiger partial charge on any atom is 0.243 e. The molecule has 0 aliphatic carbocycles. The Morgan fingerprint density at radius 3 is 2.65 bits per heavy atom. The summed E-state index contributed by atoms with van der Waals surface area (Å²) in [5.74, 6) is 0. The van der Waals surface area contributed by atoms with Gasteiger partial charge >= 0.3 is 0 Å². The Bertz CT molecular complexity index is 487. The SMILES string of the molecule is O=CC1CN(S(=O)(=O)c2ccccc2)CCN1. The lowest BCUT2D eigenvalue weighted by molar-refractivity contribution is -0.110. The number of aldehydes is 1. The van der Waals surface area contributed by atoms with Crippen LogP contribution in [0, 0.1) is 0 Å². The highest BCUT2D eigenvalue weighted by Crippen LogP contribution is 2.16. The fourth-order valence-corrected chi connectivity index (χ4v) is 3.29. The van der Waals surface area contributed by atoms with Crippen molar-refractivity contribution in [2.75, 3.05) is 19.6 Å². The second-order valence-corrected chi connectivity index (χ2v) is 5.81. The zero-order chi connectivity index (χ0) is 12.3. The summed E-state index contributed by atoms with van der Waals surface area (Å²) in [6.45, 7) is 1.08. The molecule has 1 unspecified atom stereocenters. The van der Waals surface area contributed by atoms with Gasteiger partial charge in [0, 0.05) is 19.6 Å². The molecule has 1 aromatic carbocycles. The van der Waals surface area contributed by atoms with E-state index in [1.54, 1.807) is 30.3 Å². The first-order valence-corrected chi connectivity index (χ1v) is 6.82. The van der Waals surface area contributed by atoms with Crippen molar-refractivity contribution in [1.29, 1.82) is 0 Å². The second-order valence-electron chi connectivity index (χ2n) is 3.87. The highest BCUT2D eigenvalue weighted by Gasteiger charge is 2.29. The van der Waals surface area contributed by atoms with Crippen LogP contribution >= 0.6 is 0 Å². The van der Waals surface area contributed by atoms with Gasteiger partial charge in [-0.1, -0.05) is 18.2 Å². The highest BCUT2D eigenvalue weighted by atomic mass is 32.2. The largest absolute Gasteiger partial charge is 0.305 e. The first-order chi connectivity index (χ1) is 8.14. The minimum atomic E-state index is -3.47. The summed E-state index contributed by atoms with van der Waals surface area (Å²) < 4.78 is 25.8. The van der Waals surface area contributed by atoms with Crippen LogP contribution in [0.3, 0.4) is 0 Å². The van der Waals surface area contributed by atoms with Crippen molar-refractivity contribution >= 4 is 16.3 Å². The summed E-state index contributed by atoms with van der Waals surface area (Å²) >= 11 is 0. The number of piperazine rings is 1. The fraction of sp³-hybridized carbons (Fsp3) is 0.364. The van der Waals surface area contributed by atoms with E-state index in [0.717, 1.165) is 6.29 Å². The molecule has 17 heavy (non-hydrogen) atoms. The number of hydrogen-bond acceptors (Lipinski definition) is 4. The van der Waals surface area contributed by atoms with E-state index in [1.807, 2.05) is 0 Å². The number of nitrogens with zero attached hydrogens (tertiary/aromatic N) is 1. The molecule has 1 atom stereocenters. The lowest BCUT2D eigenvalue weighted by Crippen LogP contribution is -2.53. The molecule has 0 saturated carbocycles. The molecule has 1 heterocycles. The van der Waals surface area contributed by atoms with Gasteiger partial charge in [0.05, 0.1) is 10.9 Å².